The summed E-state index contributed by atoms with van der Waals surface area (Å²) in [6.45, 7) is 22.5. The third-order valence-electron chi connectivity index (χ3n) is 17.4. The van der Waals surface area contributed by atoms with Gasteiger partial charge in [-0.25, -0.2) is 0 Å². The molecule has 6 aliphatic carbocycles. The average molecular weight is 709 g/mol. The number of hydrogen-bond donors (Lipinski definition) is 2. The first-order valence-corrected chi connectivity index (χ1v) is 20.7. The minimum Gasteiger partial charge on any atom is -0.481 e. The largest absolute Gasteiger partial charge is 0.481 e. The van der Waals surface area contributed by atoms with E-state index in [0.717, 1.165) is 44.9 Å². The molecular formula is C44H72N2O5. The van der Waals surface area contributed by atoms with E-state index in [4.69, 9.17) is 4.74 Å². The molecule has 0 saturated heterocycles. The lowest BCUT2D eigenvalue weighted by Gasteiger charge is -2.73. The van der Waals surface area contributed by atoms with Gasteiger partial charge in [0.15, 0.2) is 0 Å². The van der Waals surface area contributed by atoms with Crippen LogP contribution in [0.4, 0.5) is 0 Å². The molecule has 6 fully saturated rings. The molecule has 0 aromatic rings. The molecule has 0 aliphatic heterocycles. The first-order chi connectivity index (χ1) is 23.7. The first-order valence-electron chi connectivity index (χ1n) is 20.7. The smallest absolute Gasteiger partial charge is 0.309 e. The summed E-state index contributed by atoms with van der Waals surface area (Å²) in [6.07, 6.45) is 13.9. The molecule has 51 heavy (non-hydrogen) atoms. The van der Waals surface area contributed by atoms with Crippen LogP contribution >= 0.6 is 0 Å². The molecule has 6 saturated carbocycles. The second-order valence-electron chi connectivity index (χ2n) is 21.0. The maximum absolute atomic E-state index is 13.9. The molecule has 6 aliphatic rings. The molecule has 7 heteroatoms. The van der Waals surface area contributed by atoms with E-state index in [-0.39, 0.29) is 40.1 Å². The zero-order chi connectivity index (χ0) is 37.5. The molecule has 288 valence electrons. The zero-order valence-electron chi connectivity index (χ0n) is 33.9. The Morgan fingerprint density at radius 2 is 1.61 bits per heavy atom. The van der Waals surface area contributed by atoms with Gasteiger partial charge in [-0.3, -0.25) is 14.4 Å². The van der Waals surface area contributed by atoms with Crippen LogP contribution in [-0.4, -0.2) is 60.1 Å². The standard InChI is InChI=1S/C44H72N2O5/c1-26(2)30-14-15-31-27(22-36(47)45-28-12-13-29(23-28)46(10)11)24-44(9)32(38(30)31)16-17-34-42(7)20-19-35(51-37(48)25-40(3,4)39(49)50)41(5,6)33(42)18-21-43(34,44)8/h27-35,38H,1,12-25H2,2-11H3,(H,45,47)(H,49,50)/t27-,28+,29-,30-,31?,32+,33-,34+,35-,38-,42-,43+,44+/m0/s1. The van der Waals surface area contributed by atoms with E-state index >= 15 is 0 Å². The van der Waals surface area contributed by atoms with E-state index in [1.807, 2.05) is 0 Å². The second-order valence-corrected chi connectivity index (χ2v) is 21.0. The van der Waals surface area contributed by atoms with E-state index in [1.54, 1.807) is 13.8 Å². The van der Waals surface area contributed by atoms with Crippen LogP contribution in [0.25, 0.3) is 0 Å². The summed E-state index contributed by atoms with van der Waals surface area (Å²) in [5.41, 5.74) is 0.449. The van der Waals surface area contributed by atoms with Crippen molar-refractivity contribution in [2.24, 2.45) is 68.5 Å². The fraction of sp³-hybridized carbons (Fsp3) is 0.886. The van der Waals surface area contributed by atoms with Gasteiger partial charge < -0.3 is 20.1 Å². The van der Waals surface area contributed by atoms with Gasteiger partial charge in [-0.05, 0) is 170 Å². The normalized spacial score (nSPS) is 44.5. The maximum Gasteiger partial charge on any atom is 0.309 e. The van der Waals surface area contributed by atoms with Crippen molar-refractivity contribution in [2.75, 3.05) is 14.1 Å². The van der Waals surface area contributed by atoms with Crippen molar-refractivity contribution in [1.29, 1.82) is 0 Å². The average Bonchev–Trinajstić information content (AvgIpc) is 3.67. The number of carbonyl (C=O) groups is 3. The monoisotopic (exact) mass is 709 g/mol. The highest BCUT2D eigenvalue weighted by atomic mass is 16.5. The number of rotatable bonds is 9. The highest BCUT2D eigenvalue weighted by Gasteiger charge is 2.70. The minimum absolute atomic E-state index is 0.110. The molecule has 0 aromatic heterocycles. The van der Waals surface area contributed by atoms with Crippen molar-refractivity contribution in [1.82, 2.24) is 10.2 Å². The number of fused-ring (bicyclic) bond motifs is 7. The molecule has 0 bridgehead atoms. The Labute approximate surface area is 309 Å². The number of carboxylic acid groups (broad SMARTS) is 1. The topological polar surface area (TPSA) is 95.9 Å². The van der Waals surface area contributed by atoms with Crippen molar-refractivity contribution < 1.29 is 24.2 Å². The van der Waals surface area contributed by atoms with Gasteiger partial charge in [0, 0.05) is 23.9 Å². The van der Waals surface area contributed by atoms with Crippen molar-refractivity contribution in [3.8, 4) is 0 Å². The number of allylic oxidation sites excluding steroid dienone is 1. The molecule has 7 nitrogen and oxygen atoms in total. The van der Waals surface area contributed by atoms with E-state index < -0.39 is 17.4 Å². The fourth-order valence-electron chi connectivity index (χ4n) is 14.6. The quantitative estimate of drug-likeness (QED) is 0.184. The lowest BCUT2D eigenvalue weighted by molar-refractivity contribution is -0.249. The summed E-state index contributed by atoms with van der Waals surface area (Å²) in [5, 5.41) is 13.1. The number of esters is 1. The summed E-state index contributed by atoms with van der Waals surface area (Å²) in [5.74, 6) is 2.77. The van der Waals surface area contributed by atoms with Crippen LogP contribution in [-0.2, 0) is 19.1 Å². The molecule has 2 N–H and O–H groups in total. The minimum atomic E-state index is -1.14. The van der Waals surface area contributed by atoms with Crippen molar-refractivity contribution >= 4 is 17.8 Å². The summed E-state index contributed by atoms with van der Waals surface area (Å²) in [4.78, 5) is 41.1. The summed E-state index contributed by atoms with van der Waals surface area (Å²) < 4.78 is 6.20. The third kappa shape index (κ3) is 6.43. The summed E-state index contributed by atoms with van der Waals surface area (Å²) in [7, 11) is 4.32. The van der Waals surface area contributed by atoms with Crippen LogP contribution in [0.2, 0.25) is 0 Å². The predicted molar refractivity (Wildman–Crippen MR) is 203 cm³/mol. The second kappa shape index (κ2) is 13.4. The molecular weight excluding hydrogens is 636 g/mol. The van der Waals surface area contributed by atoms with Crippen molar-refractivity contribution in [3.63, 3.8) is 0 Å². The lowest BCUT2D eigenvalue weighted by Crippen LogP contribution is -2.66. The Hall–Kier alpha value is -1.89. The highest BCUT2D eigenvalue weighted by Crippen LogP contribution is 2.77. The van der Waals surface area contributed by atoms with Gasteiger partial charge in [0.2, 0.25) is 5.91 Å². The van der Waals surface area contributed by atoms with Gasteiger partial charge in [-0.2, -0.15) is 0 Å². The number of amides is 1. The van der Waals surface area contributed by atoms with Gasteiger partial charge in [0.25, 0.3) is 0 Å². The number of nitrogens with one attached hydrogen (secondary N) is 1. The van der Waals surface area contributed by atoms with E-state index in [1.165, 1.54) is 37.7 Å². The number of carboxylic acids is 1. The number of ether oxygens (including phenoxy) is 1. The van der Waals surface area contributed by atoms with Crippen LogP contribution in [0.5, 0.6) is 0 Å². The molecule has 6 rings (SSSR count). The molecule has 0 spiro atoms. The Balaban J connectivity index is 1.24. The van der Waals surface area contributed by atoms with E-state index in [9.17, 15) is 19.5 Å². The van der Waals surface area contributed by atoms with E-state index in [2.05, 4.69) is 72.4 Å². The molecule has 1 unspecified atom stereocenters. The fourth-order valence-corrected chi connectivity index (χ4v) is 14.6. The summed E-state index contributed by atoms with van der Waals surface area (Å²) >= 11 is 0. The predicted octanol–water partition coefficient (Wildman–Crippen LogP) is 8.90. The Morgan fingerprint density at radius 1 is 0.902 bits per heavy atom. The summed E-state index contributed by atoms with van der Waals surface area (Å²) in [6, 6.07) is 0.861. The molecule has 0 aromatic carbocycles. The lowest BCUT2D eigenvalue weighted by atomic mass is 9.32. The number of carbonyl (C=O) groups excluding carboxylic acids is 2. The number of nitrogens with zero attached hydrogens (tertiary/aromatic N) is 1. The molecule has 0 heterocycles. The molecule has 0 radical (unpaired) electrons. The van der Waals surface area contributed by atoms with Crippen LogP contribution in [0, 0.1) is 68.5 Å². The van der Waals surface area contributed by atoms with Gasteiger partial charge >= 0.3 is 11.9 Å². The number of aliphatic carboxylic acids is 1. The Morgan fingerprint density at radius 3 is 2.24 bits per heavy atom. The SMILES string of the molecule is C=C(C)[C@@H]1CCC2[C@@H](CC(=O)N[C@@H]3CC[C@H](N(C)C)C3)C[C@]3(C)[C@H](CC[C@@H]4[C@@]5(C)CC[C@H](OC(=O)CC(C)(C)C(=O)O)C(C)(C)[C@@H]5CC[C@]43C)[C@H]21. The van der Waals surface area contributed by atoms with E-state index in [0.29, 0.717) is 59.9 Å². The van der Waals surface area contributed by atoms with Crippen molar-refractivity contribution in [2.45, 2.75) is 163 Å². The van der Waals surface area contributed by atoms with Crippen LogP contribution in [0.15, 0.2) is 12.2 Å². The maximum atomic E-state index is 13.9. The molecule has 13 atom stereocenters. The number of hydrogen-bond acceptors (Lipinski definition) is 5. The third-order valence-corrected chi connectivity index (χ3v) is 17.4. The highest BCUT2D eigenvalue weighted by molar-refractivity contribution is 5.81. The van der Waals surface area contributed by atoms with Gasteiger partial charge in [-0.1, -0.05) is 46.8 Å². The van der Waals surface area contributed by atoms with Gasteiger partial charge in [-0.15, -0.1) is 0 Å². The van der Waals surface area contributed by atoms with Gasteiger partial charge in [0.1, 0.15) is 6.10 Å². The Kier molecular flexibility index (Phi) is 10.2. The Bertz CT molecular complexity index is 1390. The van der Waals surface area contributed by atoms with Crippen molar-refractivity contribution in [3.05, 3.63) is 12.2 Å². The molecule has 1 amide bonds. The van der Waals surface area contributed by atoms with Crippen LogP contribution in [0.3, 0.4) is 0 Å². The van der Waals surface area contributed by atoms with Crippen LogP contribution < -0.4 is 5.32 Å². The first kappa shape index (κ1) is 38.8. The van der Waals surface area contributed by atoms with Gasteiger partial charge in [0.05, 0.1) is 11.8 Å². The zero-order valence-corrected chi connectivity index (χ0v) is 33.9. The van der Waals surface area contributed by atoms with Crippen LogP contribution in [0.1, 0.15) is 145 Å².